The molecule has 1 amide bonds. The number of benzene rings is 2. The first-order valence-corrected chi connectivity index (χ1v) is 9.45. The number of aryl methyl sites for hydroxylation is 2. The number of carbonyl (C=O) groups excluding carboxylic acids is 1. The molecule has 0 aliphatic rings. The van der Waals surface area contributed by atoms with E-state index in [-0.39, 0.29) is 11.3 Å². The predicted octanol–water partition coefficient (Wildman–Crippen LogP) is 3.22. The van der Waals surface area contributed by atoms with Gasteiger partial charge in [-0.25, -0.2) is 4.39 Å². The smallest absolute Gasteiger partial charge is 0.279 e. The number of aromatic amines is 1. The average molecular weight is 388 g/mol. The molecule has 3 N–H and O–H groups in total. The summed E-state index contributed by atoms with van der Waals surface area (Å²) in [5.74, 6) is -1.42. The summed E-state index contributed by atoms with van der Waals surface area (Å²) in [7, 11) is -4.09. The molecular formula is C18H17FN4O3S. The number of hydrogen-bond donors (Lipinski definition) is 3. The van der Waals surface area contributed by atoms with E-state index in [9.17, 15) is 17.6 Å². The van der Waals surface area contributed by atoms with Crippen molar-refractivity contribution in [1.29, 1.82) is 0 Å². The lowest BCUT2D eigenvalue weighted by Gasteiger charge is -2.10. The molecule has 3 rings (SSSR count). The Bertz CT molecular complexity index is 1090. The van der Waals surface area contributed by atoms with Crippen molar-refractivity contribution in [2.75, 3.05) is 10.0 Å². The van der Waals surface area contributed by atoms with E-state index in [0.29, 0.717) is 5.69 Å². The molecule has 0 bridgehead atoms. The second-order valence-electron chi connectivity index (χ2n) is 6.02. The molecule has 0 fully saturated rings. The molecule has 0 unspecified atom stereocenters. The van der Waals surface area contributed by atoms with Gasteiger partial charge in [0.2, 0.25) is 0 Å². The maximum absolute atomic E-state index is 13.9. The van der Waals surface area contributed by atoms with E-state index in [1.807, 2.05) is 6.92 Å². The van der Waals surface area contributed by atoms with Crippen molar-refractivity contribution in [2.24, 2.45) is 0 Å². The summed E-state index contributed by atoms with van der Waals surface area (Å²) >= 11 is 0. The highest BCUT2D eigenvalue weighted by Crippen LogP contribution is 2.21. The van der Waals surface area contributed by atoms with Crippen LogP contribution in [0.15, 0.2) is 53.7 Å². The molecule has 3 aromatic rings. The van der Waals surface area contributed by atoms with Crippen molar-refractivity contribution in [3.8, 4) is 0 Å². The van der Waals surface area contributed by atoms with Crippen LogP contribution in [-0.2, 0) is 10.0 Å². The number of H-pyrrole nitrogens is 1. The van der Waals surface area contributed by atoms with Gasteiger partial charge < -0.3 is 5.32 Å². The number of carbonyl (C=O) groups is 1. The lowest BCUT2D eigenvalue weighted by atomic mass is 10.2. The van der Waals surface area contributed by atoms with Gasteiger partial charge in [0.15, 0.2) is 5.03 Å². The third-order valence-corrected chi connectivity index (χ3v) is 5.14. The summed E-state index contributed by atoms with van der Waals surface area (Å²) in [5, 5.41) is 7.93. The number of halogens is 1. The van der Waals surface area contributed by atoms with Crippen LogP contribution >= 0.6 is 0 Å². The molecule has 9 heteroatoms. The molecule has 7 nitrogen and oxygen atoms in total. The Kier molecular flexibility index (Phi) is 4.95. The van der Waals surface area contributed by atoms with Crippen molar-refractivity contribution in [2.45, 2.75) is 18.9 Å². The fourth-order valence-electron chi connectivity index (χ4n) is 2.39. The van der Waals surface area contributed by atoms with Gasteiger partial charge in [0, 0.05) is 5.69 Å². The van der Waals surface area contributed by atoms with Crippen LogP contribution < -0.4 is 10.0 Å². The maximum atomic E-state index is 13.9. The Balaban J connectivity index is 1.87. The second-order valence-corrected chi connectivity index (χ2v) is 7.64. The first kappa shape index (κ1) is 18.6. The van der Waals surface area contributed by atoms with Crippen LogP contribution in [0.3, 0.4) is 0 Å². The van der Waals surface area contributed by atoms with Crippen molar-refractivity contribution >= 4 is 27.3 Å². The lowest BCUT2D eigenvalue weighted by Crippen LogP contribution is -2.20. The zero-order valence-corrected chi connectivity index (χ0v) is 15.4. The molecule has 0 aliphatic carbocycles. The molecule has 0 saturated heterocycles. The van der Waals surface area contributed by atoms with Crippen molar-refractivity contribution < 1.29 is 17.6 Å². The zero-order chi connectivity index (χ0) is 19.6. The van der Waals surface area contributed by atoms with Gasteiger partial charge in [-0.2, -0.15) is 13.5 Å². The number of aromatic nitrogens is 2. The quantitative estimate of drug-likeness (QED) is 0.624. The first-order chi connectivity index (χ1) is 12.8. The summed E-state index contributed by atoms with van der Waals surface area (Å²) < 4.78 is 41.5. The van der Waals surface area contributed by atoms with Crippen LogP contribution in [0, 0.1) is 19.7 Å². The number of nitrogens with one attached hydrogen (secondary N) is 3. The lowest BCUT2D eigenvalue weighted by molar-refractivity contribution is 0.102. The molecule has 0 saturated carbocycles. The standard InChI is InChI=1S/C18H17FN4O3S/c1-11-3-6-13(7-4-11)23-27(25,26)18-14(10-20-22-18)17(24)21-16-9-12(2)5-8-15(16)19/h3-10,23H,1-2H3,(H,20,22)(H,21,24). The Morgan fingerprint density at radius 2 is 1.74 bits per heavy atom. The monoisotopic (exact) mass is 388 g/mol. The third kappa shape index (κ3) is 4.14. The molecule has 27 heavy (non-hydrogen) atoms. The number of hydrogen-bond acceptors (Lipinski definition) is 4. The highest BCUT2D eigenvalue weighted by molar-refractivity contribution is 7.92. The molecule has 2 aromatic carbocycles. The molecule has 1 aromatic heterocycles. The van der Waals surface area contributed by atoms with Crippen LogP contribution in [0.4, 0.5) is 15.8 Å². The summed E-state index contributed by atoms with van der Waals surface area (Å²) in [6.45, 7) is 3.62. The average Bonchev–Trinajstić information content (AvgIpc) is 3.11. The van der Waals surface area contributed by atoms with Gasteiger partial charge in [-0.05, 0) is 43.7 Å². The van der Waals surface area contributed by atoms with Gasteiger partial charge in [-0.1, -0.05) is 23.8 Å². The van der Waals surface area contributed by atoms with Gasteiger partial charge in [-0.3, -0.25) is 14.6 Å². The molecule has 0 atom stereocenters. The van der Waals surface area contributed by atoms with E-state index in [4.69, 9.17) is 0 Å². The highest BCUT2D eigenvalue weighted by Gasteiger charge is 2.25. The zero-order valence-electron chi connectivity index (χ0n) is 14.6. The number of rotatable bonds is 5. The molecule has 0 spiro atoms. The van der Waals surface area contributed by atoms with Gasteiger partial charge in [-0.15, -0.1) is 0 Å². The van der Waals surface area contributed by atoms with Crippen molar-refractivity contribution in [3.05, 3.63) is 71.2 Å². The van der Waals surface area contributed by atoms with E-state index in [1.54, 1.807) is 37.3 Å². The largest absolute Gasteiger partial charge is 0.319 e. The Morgan fingerprint density at radius 3 is 2.44 bits per heavy atom. The topological polar surface area (TPSA) is 104 Å². The first-order valence-electron chi connectivity index (χ1n) is 7.96. The Labute approximate surface area is 155 Å². The van der Waals surface area contributed by atoms with E-state index >= 15 is 0 Å². The van der Waals surface area contributed by atoms with Crippen LogP contribution in [0.1, 0.15) is 21.5 Å². The summed E-state index contributed by atoms with van der Waals surface area (Å²) in [6, 6.07) is 10.9. The Morgan fingerprint density at radius 1 is 1.07 bits per heavy atom. The number of sulfonamides is 1. The second kappa shape index (κ2) is 7.20. The molecule has 1 heterocycles. The number of amides is 1. The molecular weight excluding hydrogens is 371 g/mol. The van der Waals surface area contributed by atoms with E-state index in [0.717, 1.165) is 17.3 Å². The van der Waals surface area contributed by atoms with Crippen molar-refractivity contribution in [1.82, 2.24) is 10.2 Å². The number of anilines is 2. The van der Waals surface area contributed by atoms with Crippen LogP contribution in [-0.4, -0.2) is 24.5 Å². The van der Waals surface area contributed by atoms with Gasteiger partial charge in [0.05, 0.1) is 17.4 Å². The highest BCUT2D eigenvalue weighted by atomic mass is 32.2. The third-order valence-electron chi connectivity index (χ3n) is 3.79. The fraction of sp³-hybridized carbons (Fsp3) is 0.111. The summed E-state index contributed by atoms with van der Waals surface area (Å²) in [6.07, 6.45) is 1.08. The maximum Gasteiger partial charge on any atom is 0.279 e. The van der Waals surface area contributed by atoms with E-state index in [2.05, 4.69) is 20.2 Å². The minimum atomic E-state index is -4.09. The molecule has 0 aliphatic heterocycles. The number of nitrogens with zero attached hydrogens (tertiary/aromatic N) is 1. The van der Waals surface area contributed by atoms with Gasteiger partial charge in [0.1, 0.15) is 5.82 Å². The minimum absolute atomic E-state index is 0.0453. The molecule has 140 valence electrons. The van der Waals surface area contributed by atoms with Crippen LogP contribution in [0.2, 0.25) is 0 Å². The summed E-state index contributed by atoms with van der Waals surface area (Å²) in [5.41, 5.74) is 1.78. The van der Waals surface area contributed by atoms with E-state index in [1.165, 1.54) is 12.1 Å². The van der Waals surface area contributed by atoms with Crippen molar-refractivity contribution in [3.63, 3.8) is 0 Å². The Hall–Kier alpha value is -3.20. The summed E-state index contributed by atoms with van der Waals surface area (Å²) in [4.78, 5) is 12.5. The molecule has 0 radical (unpaired) electrons. The minimum Gasteiger partial charge on any atom is -0.319 e. The van der Waals surface area contributed by atoms with Gasteiger partial charge >= 0.3 is 0 Å². The normalized spacial score (nSPS) is 11.2. The fourth-order valence-corrected chi connectivity index (χ4v) is 3.55. The van der Waals surface area contributed by atoms with Crippen LogP contribution in [0.25, 0.3) is 0 Å². The van der Waals surface area contributed by atoms with E-state index < -0.39 is 26.8 Å². The van der Waals surface area contributed by atoms with Crippen LogP contribution in [0.5, 0.6) is 0 Å². The SMILES string of the molecule is Cc1ccc(NS(=O)(=O)c2[nH]ncc2C(=O)Nc2cc(C)ccc2F)cc1. The predicted molar refractivity (Wildman–Crippen MR) is 99.7 cm³/mol. The van der Waals surface area contributed by atoms with Gasteiger partial charge in [0.25, 0.3) is 15.9 Å².